The molecular formula is C24H36O2Si. The van der Waals surface area contributed by atoms with E-state index in [0.29, 0.717) is 29.2 Å². The number of allylic oxidation sites excluding steroid dienone is 1. The van der Waals surface area contributed by atoms with E-state index in [9.17, 15) is 4.79 Å². The number of benzene rings is 1. The molecule has 0 amide bonds. The van der Waals surface area contributed by atoms with Crippen LogP contribution in [0, 0.1) is 5.92 Å². The van der Waals surface area contributed by atoms with E-state index >= 15 is 0 Å². The Morgan fingerprint density at radius 2 is 1.74 bits per heavy atom. The molecule has 1 aliphatic carbocycles. The van der Waals surface area contributed by atoms with Gasteiger partial charge in [0.1, 0.15) is 0 Å². The van der Waals surface area contributed by atoms with Gasteiger partial charge in [0.15, 0.2) is 14.1 Å². The Morgan fingerprint density at radius 1 is 1.07 bits per heavy atom. The zero-order valence-corrected chi connectivity index (χ0v) is 18.8. The number of hydrogen-bond donors (Lipinski definition) is 0. The fourth-order valence-corrected chi connectivity index (χ4v) is 10.1. The van der Waals surface area contributed by atoms with Crippen LogP contribution < -0.4 is 0 Å². The first-order chi connectivity index (χ1) is 12.9. The minimum atomic E-state index is -1.89. The summed E-state index contributed by atoms with van der Waals surface area (Å²) in [6.07, 6.45) is 5.56. The fourth-order valence-electron chi connectivity index (χ4n) is 5.31. The molecule has 0 radical (unpaired) electrons. The van der Waals surface area contributed by atoms with Crippen LogP contribution in [0.4, 0.5) is 0 Å². The van der Waals surface area contributed by atoms with E-state index in [4.69, 9.17) is 4.43 Å². The largest absolute Gasteiger partial charge is 0.410 e. The van der Waals surface area contributed by atoms with Crippen LogP contribution in [-0.2, 0) is 9.22 Å². The number of unbranched alkanes of at least 4 members (excludes halogenated alkanes) is 2. The molecule has 0 aromatic heterocycles. The highest BCUT2D eigenvalue weighted by Gasteiger charge is 2.53. The van der Waals surface area contributed by atoms with Crippen LogP contribution in [0.1, 0.15) is 72.3 Å². The molecule has 0 spiro atoms. The molecular weight excluding hydrogens is 348 g/mol. The Kier molecular flexibility index (Phi) is 6.42. The summed E-state index contributed by atoms with van der Waals surface area (Å²) in [5, 5.41) is 0. The van der Waals surface area contributed by atoms with Gasteiger partial charge in [0, 0.05) is 12.0 Å². The SMILES string of the molecule is CCCCC[C@H]1O[Si](C(C)C)(C(C)C)C[C@H]2CC(=O)C(c3ccccc3)=C21. The van der Waals surface area contributed by atoms with Gasteiger partial charge in [-0.1, -0.05) is 84.2 Å². The van der Waals surface area contributed by atoms with Gasteiger partial charge in [0.25, 0.3) is 0 Å². The minimum Gasteiger partial charge on any atom is -0.410 e. The molecule has 3 rings (SSSR count). The summed E-state index contributed by atoms with van der Waals surface area (Å²) in [5.41, 5.74) is 4.59. The average Bonchev–Trinajstić information content (AvgIpc) is 2.97. The summed E-state index contributed by atoms with van der Waals surface area (Å²) < 4.78 is 7.09. The summed E-state index contributed by atoms with van der Waals surface area (Å²) in [6, 6.07) is 11.4. The summed E-state index contributed by atoms with van der Waals surface area (Å²) in [5.74, 6) is 0.743. The maximum atomic E-state index is 13.1. The monoisotopic (exact) mass is 384 g/mol. The van der Waals surface area contributed by atoms with Crippen molar-refractivity contribution < 1.29 is 9.22 Å². The van der Waals surface area contributed by atoms with Crippen molar-refractivity contribution in [1.29, 1.82) is 0 Å². The number of rotatable bonds is 7. The quantitative estimate of drug-likeness (QED) is 0.383. The molecule has 148 valence electrons. The van der Waals surface area contributed by atoms with E-state index in [1.807, 2.05) is 18.2 Å². The van der Waals surface area contributed by atoms with Crippen molar-refractivity contribution in [2.24, 2.45) is 5.92 Å². The van der Waals surface area contributed by atoms with Gasteiger partial charge in [-0.3, -0.25) is 4.79 Å². The number of carbonyl (C=O) groups excluding carboxylic acids is 1. The predicted octanol–water partition coefficient (Wildman–Crippen LogP) is 6.77. The fraction of sp³-hybridized carbons (Fsp3) is 0.625. The van der Waals surface area contributed by atoms with Gasteiger partial charge in [-0.05, 0) is 40.6 Å². The molecule has 1 heterocycles. The second kappa shape index (κ2) is 8.44. The standard InChI is InChI=1S/C24H36O2Si/c1-6-7-9-14-22-24-20(16-27(26-22,17(2)3)18(4)5)15-21(25)23(24)19-12-10-8-11-13-19/h8,10-13,17-18,20,22H,6-7,9,14-16H2,1-5H3/t20-,22-/m1/s1. The lowest BCUT2D eigenvalue weighted by atomic mass is 9.91. The van der Waals surface area contributed by atoms with E-state index in [1.54, 1.807) is 0 Å². The summed E-state index contributed by atoms with van der Waals surface area (Å²) >= 11 is 0. The van der Waals surface area contributed by atoms with Gasteiger partial charge >= 0.3 is 0 Å². The number of hydrogen-bond acceptors (Lipinski definition) is 2. The van der Waals surface area contributed by atoms with E-state index in [2.05, 4.69) is 46.8 Å². The third-order valence-corrected chi connectivity index (χ3v) is 12.6. The zero-order chi connectivity index (χ0) is 19.6. The molecule has 1 fully saturated rings. The van der Waals surface area contributed by atoms with Crippen molar-refractivity contribution in [2.45, 2.75) is 90.0 Å². The predicted molar refractivity (Wildman–Crippen MR) is 116 cm³/mol. The highest BCUT2D eigenvalue weighted by molar-refractivity contribution is 6.76. The maximum Gasteiger partial charge on any atom is 0.199 e. The first-order valence-corrected chi connectivity index (χ1v) is 13.2. The smallest absolute Gasteiger partial charge is 0.199 e. The molecule has 1 aliphatic heterocycles. The van der Waals surface area contributed by atoms with Crippen LogP contribution in [0.3, 0.4) is 0 Å². The summed E-state index contributed by atoms with van der Waals surface area (Å²) in [7, 11) is -1.89. The van der Waals surface area contributed by atoms with Crippen LogP contribution in [-0.4, -0.2) is 20.2 Å². The Bertz CT molecular complexity index is 682. The number of Topliss-reactive ketones (excluding diaryl/α,β-unsaturated/α-hetero) is 1. The molecule has 3 heteroatoms. The van der Waals surface area contributed by atoms with Gasteiger partial charge in [-0.25, -0.2) is 0 Å². The average molecular weight is 385 g/mol. The van der Waals surface area contributed by atoms with Crippen LogP contribution >= 0.6 is 0 Å². The second-order valence-electron chi connectivity index (χ2n) is 9.09. The lowest BCUT2D eigenvalue weighted by Crippen LogP contribution is -2.53. The topological polar surface area (TPSA) is 26.3 Å². The summed E-state index contributed by atoms with van der Waals surface area (Å²) in [4.78, 5) is 13.1. The summed E-state index contributed by atoms with van der Waals surface area (Å²) in [6.45, 7) is 11.6. The van der Waals surface area contributed by atoms with Crippen LogP contribution in [0.5, 0.6) is 0 Å². The van der Waals surface area contributed by atoms with Crippen molar-refractivity contribution in [3.63, 3.8) is 0 Å². The van der Waals surface area contributed by atoms with Gasteiger partial charge < -0.3 is 4.43 Å². The van der Waals surface area contributed by atoms with Crippen molar-refractivity contribution in [1.82, 2.24) is 0 Å². The number of fused-ring (bicyclic) bond motifs is 1. The number of carbonyl (C=O) groups is 1. The van der Waals surface area contributed by atoms with Crippen molar-refractivity contribution in [2.75, 3.05) is 0 Å². The molecule has 1 aromatic rings. The Hall–Kier alpha value is -1.19. The second-order valence-corrected chi connectivity index (χ2v) is 14.0. The van der Waals surface area contributed by atoms with E-state index in [1.165, 1.54) is 24.8 Å². The third-order valence-electron chi connectivity index (χ3n) is 6.80. The molecule has 1 saturated heterocycles. The van der Waals surface area contributed by atoms with Gasteiger partial charge in [0.05, 0.1) is 6.10 Å². The lowest BCUT2D eigenvalue weighted by molar-refractivity contribution is -0.113. The van der Waals surface area contributed by atoms with E-state index in [0.717, 1.165) is 23.6 Å². The van der Waals surface area contributed by atoms with Crippen LogP contribution in [0.2, 0.25) is 17.1 Å². The first kappa shape index (κ1) is 20.5. The van der Waals surface area contributed by atoms with Crippen molar-refractivity contribution in [3.05, 3.63) is 41.5 Å². The molecule has 0 saturated carbocycles. The highest BCUT2D eigenvalue weighted by atomic mass is 28.4. The molecule has 2 aliphatic rings. The van der Waals surface area contributed by atoms with Gasteiger partial charge in [0.2, 0.25) is 0 Å². The first-order valence-electron chi connectivity index (χ1n) is 10.9. The zero-order valence-electron chi connectivity index (χ0n) is 17.8. The van der Waals surface area contributed by atoms with Gasteiger partial charge in [-0.2, -0.15) is 0 Å². The van der Waals surface area contributed by atoms with Crippen molar-refractivity contribution >= 4 is 19.7 Å². The number of ketones is 1. The molecule has 1 aromatic carbocycles. The van der Waals surface area contributed by atoms with Gasteiger partial charge in [-0.15, -0.1) is 0 Å². The van der Waals surface area contributed by atoms with E-state index < -0.39 is 8.32 Å². The maximum absolute atomic E-state index is 13.1. The molecule has 0 N–H and O–H groups in total. The van der Waals surface area contributed by atoms with Crippen molar-refractivity contribution in [3.8, 4) is 0 Å². The molecule has 2 nitrogen and oxygen atoms in total. The Morgan fingerprint density at radius 3 is 2.33 bits per heavy atom. The lowest BCUT2D eigenvalue weighted by Gasteiger charge is -2.48. The Balaban J connectivity index is 2.04. The van der Waals surface area contributed by atoms with Crippen LogP contribution in [0.15, 0.2) is 35.9 Å². The normalized spacial score (nSPS) is 24.8. The molecule has 27 heavy (non-hydrogen) atoms. The third kappa shape index (κ3) is 3.86. The molecule has 2 atom stereocenters. The highest BCUT2D eigenvalue weighted by Crippen LogP contribution is 2.53. The minimum absolute atomic E-state index is 0.147. The van der Waals surface area contributed by atoms with Crippen LogP contribution in [0.25, 0.3) is 5.57 Å². The molecule has 0 bridgehead atoms. The van der Waals surface area contributed by atoms with E-state index in [-0.39, 0.29) is 6.10 Å². The molecule has 0 unspecified atom stereocenters. The Labute approximate surface area is 166 Å².